The van der Waals surface area contributed by atoms with E-state index in [0.29, 0.717) is 54.5 Å². The number of fused-ring (bicyclic) bond motifs is 5. The summed E-state index contributed by atoms with van der Waals surface area (Å²) >= 11 is 0. The molecule has 0 bridgehead atoms. The highest BCUT2D eigenvalue weighted by atomic mass is 16.5. The molecule has 0 saturated heterocycles. The van der Waals surface area contributed by atoms with Crippen LogP contribution in [0.3, 0.4) is 0 Å². The summed E-state index contributed by atoms with van der Waals surface area (Å²) in [5.41, 5.74) is 0.692. The first-order valence-corrected chi connectivity index (χ1v) is 15.3. The fourth-order valence-corrected chi connectivity index (χ4v) is 10.0. The molecule has 4 rings (SSSR count). The number of rotatable bonds is 7. The molecule has 11 atom stereocenters. The van der Waals surface area contributed by atoms with Crippen molar-refractivity contribution in [2.24, 2.45) is 57.7 Å². The lowest BCUT2D eigenvalue weighted by Crippen LogP contribution is -2.62. The van der Waals surface area contributed by atoms with Crippen LogP contribution >= 0.6 is 0 Å². The van der Waals surface area contributed by atoms with E-state index in [0.717, 1.165) is 38.5 Å². The zero-order valence-corrected chi connectivity index (χ0v) is 24.4. The largest absolute Gasteiger partial charge is 0.466 e. The van der Waals surface area contributed by atoms with Crippen molar-refractivity contribution in [3.63, 3.8) is 0 Å². The molecule has 208 valence electrons. The van der Waals surface area contributed by atoms with Gasteiger partial charge < -0.3 is 14.9 Å². The lowest BCUT2D eigenvalue weighted by molar-refractivity contribution is -0.203. The van der Waals surface area contributed by atoms with Gasteiger partial charge in [0.1, 0.15) is 0 Å². The fourth-order valence-electron chi connectivity index (χ4n) is 10.0. The molecule has 0 aliphatic heterocycles. The molecule has 0 amide bonds. The Hall–Kier alpha value is -0.610. The average molecular weight is 505 g/mol. The van der Waals surface area contributed by atoms with E-state index < -0.39 is 0 Å². The molecule has 0 aromatic heterocycles. The van der Waals surface area contributed by atoms with E-state index in [1.54, 1.807) is 0 Å². The zero-order valence-electron chi connectivity index (χ0n) is 24.4. The van der Waals surface area contributed by atoms with E-state index in [2.05, 4.69) is 48.5 Å². The Labute approximate surface area is 221 Å². The number of aliphatic hydroxyl groups is 2. The number of carbonyl (C=O) groups excluding carboxylic acids is 1. The van der Waals surface area contributed by atoms with Crippen molar-refractivity contribution in [1.29, 1.82) is 0 Å². The first kappa shape index (κ1) is 28.4. The molecule has 4 heteroatoms. The Kier molecular flexibility index (Phi) is 8.29. The third-order valence-electron chi connectivity index (χ3n) is 12.1. The lowest BCUT2D eigenvalue weighted by atomic mass is 9.41. The van der Waals surface area contributed by atoms with Crippen LogP contribution in [0, 0.1) is 57.7 Å². The minimum atomic E-state index is -0.231. The number of hydrogen-bond acceptors (Lipinski definition) is 4. The molecule has 0 aromatic carbocycles. The number of hydrogen-bond donors (Lipinski definition) is 2. The first-order chi connectivity index (χ1) is 16.8. The van der Waals surface area contributed by atoms with Gasteiger partial charge in [-0.05, 0) is 115 Å². The van der Waals surface area contributed by atoms with Gasteiger partial charge in [-0.3, -0.25) is 4.79 Å². The van der Waals surface area contributed by atoms with Gasteiger partial charge in [0, 0.05) is 6.42 Å². The second kappa shape index (κ2) is 10.5. The summed E-state index contributed by atoms with van der Waals surface area (Å²) in [6, 6.07) is 0. The first-order valence-electron chi connectivity index (χ1n) is 15.3. The summed E-state index contributed by atoms with van der Waals surface area (Å²) in [6.07, 6.45) is 10.8. The van der Waals surface area contributed by atoms with Crippen molar-refractivity contribution in [2.75, 3.05) is 6.61 Å². The van der Waals surface area contributed by atoms with Gasteiger partial charge in [-0.1, -0.05) is 54.9 Å². The second-order valence-electron chi connectivity index (χ2n) is 15.2. The van der Waals surface area contributed by atoms with Crippen molar-refractivity contribution in [2.45, 2.75) is 131 Å². The fraction of sp³-hybridized carbons (Fsp3) is 0.969. The molecule has 0 unspecified atom stereocenters. The van der Waals surface area contributed by atoms with E-state index in [1.807, 2.05) is 0 Å². The van der Waals surface area contributed by atoms with Crippen LogP contribution in [0.5, 0.6) is 0 Å². The highest BCUT2D eigenvalue weighted by Gasteiger charge is 2.64. The van der Waals surface area contributed by atoms with E-state index >= 15 is 0 Å². The van der Waals surface area contributed by atoms with Gasteiger partial charge >= 0.3 is 5.97 Å². The number of carbonyl (C=O) groups is 1. The van der Waals surface area contributed by atoms with Crippen LogP contribution < -0.4 is 0 Å². The van der Waals surface area contributed by atoms with Crippen LogP contribution in [0.2, 0.25) is 0 Å². The smallest absolute Gasteiger partial charge is 0.305 e. The zero-order chi connectivity index (χ0) is 26.5. The molecule has 4 fully saturated rings. The Bertz CT molecular complexity index is 773. The van der Waals surface area contributed by atoms with Gasteiger partial charge in [-0.2, -0.15) is 0 Å². The molecule has 36 heavy (non-hydrogen) atoms. The molecule has 4 aliphatic carbocycles. The maximum atomic E-state index is 12.2. The highest BCUT2D eigenvalue weighted by molar-refractivity contribution is 5.69. The van der Waals surface area contributed by atoms with Gasteiger partial charge in [-0.15, -0.1) is 0 Å². The Morgan fingerprint density at radius 3 is 2.33 bits per heavy atom. The lowest BCUT2D eigenvalue weighted by Gasteiger charge is -2.64. The molecule has 4 saturated carbocycles. The molecule has 4 nitrogen and oxygen atoms in total. The Balaban J connectivity index is 1.42. The molecule has 0 heterocycles. The third-order valence-corrected chi connectivity index (χ3v) is 12.1. The summed E-state index contributed by atoms with van der Waals surface area (Å²) in [7, 11) is 0. The Morgan fingerprint density at radius 2 is 1.67 bits per heavy atom. The molecular weight excluding hydrogens is 448 g/mol. The van der Waals surface area contributed by atoms with Gasteiger partial charge in [-0.25, -0.2) is 0 Å². The molecular formula is C32H56O4. The summed E-state index contributed by atoms with van der Waals surface area (Å²) in [5.74, 6) is 3.47. The molecule has 0 aromatic rings. The van der Waals surface area contributed by atoms with E-state index in [1.165, 1.54) is 25.7 Å². The summed E-state index contributed by atoms with van der Waals surface area (Å²) in [4.78, 5) is 12.2. The van der Waals surface area contributed by atoms with E-state index in [9.17, 15) is 15.0 Å². The third kappa shape index (κ3) is 5.16. The van der Waals surface area contributed by atoms with Crippen molar-refractivity contribution in [3.05, 3.63) is 0 Å². The maximum absolute atomic E-state index is 12.2. The van der Waals surface area contributed by atoms with Crippen molar-refractivity contribution >= 4 is 5.97 Å². The van der Waals surface area contributed by atoms with Crippen molar-refractivity contribution in [1.82, 2.24) is 0 Å². The minimum Gasteiger partial charge on any atom is -0.466 e. The van der Waals surface area contributed by atoms with Crippen molar-refractivity contribution in [3.8, 4) is 0 Å². The quantitative estimate of drug-likeness (QED) is 0.366. The summed E-state index contributed by atoms with van der Waals surface area (Å²) in [6.45, 7) is 16.7. The topological polar surface area (TPSA) is 66.8 Å². The average Bonchev–Trinajstić information content (AvgIpc) is 3.16. The predicted molar refractivity (Wildman–Crippen MR) is 145 cm³/mol. The molecule has 4 aliphatic rings. The van der Waals surface area contributed by atoms with Gasteiger partial charge in [0.15, 0.2) is 0 Å². The van der Waals surface area contributed by atoms with E-state index in [4.69, 9.17) is 4.74 Å². The molecule has 0 spiro atoms. The predicted octanol–water partition coefficient (Wildman–Crippen LogP) is 7.01. The summed E-state index contributed by atoms with van der Waals surface area (Å²) < 4.78 is 5.65. The number of aliphatic hydroxyl groups excluding tert-OH is 2. The molecule has 2 N–H and O–H groups in total. The highest BCUT2D eigenvalue weighted by Crippen LogP contribution is 2.69. The van der Waals surface area contributed by atoms with Crippen LogP contribution in [0.4, 0.5) is 0 Å². The van der Waals surface area contributed by atoms with Crippen LogP contribution in [0.25, 0.3) is 0 Å². The van der Waals surface area contributed by atoms with Crippen LogP contribution in [-0.2, 0) is 9.53 Å². The standard InChI is InChI=1S/C32H56O4/c1-8-22-26-19-21(33)11-16-32(26,7)25-12-17-31(6)23(9-10-24(31)28(25)29(22)35)20(2)14-18-36-27(34)13-15-30(3,4)5/h20-26,28-29,33,35H,8-19H2,1-7H3/t20-,21-,22-,23-,24+,25+,26+,28+,29-,31-,32-/m1/s1. The van der Waals surface area contributed by atoms with Gasteiger partial charge in [0.2, 0.25) is 0 Å². The molecule has 0 radical (unpaired) electrons. The minimum absolute atomic E-state index is 0.0514. The summed E-state index contributed by atoms with van der Waals surface area (Å²) in [5, 5.41) is 22.4. The Morgan fingerprint density at radius 1 is 1.00 bits per heavy atom. The second-order valence-corrected chi connectivity index (χ2v) is 15.2. The van der Waals surface area contributed by atoms with Crippen LogP contribution in [0.1, 0.15) is 119 Å². The van der Waals surface area contributed by atoms with Gasteiger partial charge in [0.05, 0.1) is 18.8 Å². The monoisotopic (exact) mass is 504 g/mol. The normalized spacial score (nSPS) is 45.4. The van der Waals surface area contributed by atoms with Gasteiger partial charge in [0.25, 0.3) is 0 Å². The maximum Gasteiger partial charge on any atom is 0.305 e. The van der Waals surface area contributed by atoms with E-state index in [-0.39, 0.29) is 34.4 Å². The van der Waals surface area contributed by atoms with Crippen LogP contribution in [-0.4, -0.2) is 35.0 Å². The SMILES string of the molecule is CC[C@H]1[C@@H](O)[C@@H]2[C@H](CC[C@]3(C)[C@@H]([C@H](C)CCOC(=O)CCC(C)(C)C)CC[C@@H]23)[C@@]2(C)CC[C@@H](O)C[C@@H]12. The number of esters is 1. The van der Waals surface area contributed by atoms with Crippen molar-refractivity contribution < 1.29 is 19.7 Å². The van der Waals surface area contributed by atoms with Crippen LogP contribution in [0.15, 0.2) is 0 Å². The number of ether oxygens (including phenoxy) is 1.